The van der Waals surface area contributed by atoms with Crippen molar-refractivity contribution in [2.45, 2.75) is 19.4 Å². The average molecular weight is 371 g/mol. The van der Waals surface area contributed by atoms with Gasteiger partial charge >= 0.3 is 0 Å². The van der Waals surface area contributed by atoms with Crippen molar-refractivity contribution in [3.63, 3.8) is 0 Å². The number of aromatic nitrogens is 2. The molecule has 2 heterocycles. The molecule has 1 aromatic carbocycles. The molecule has 0 fully saturated rings. The summed E-state index contributed by atoms with van der Waals surface area (Å²) in [5.74, 6) is -0.239. The maximum atomic E-state index is 12.1. The third-order valence-corrected chi connectivity index (χ3v) is 4.20. The number of amides is 2. The molecule has 3 N–H and O–H groups in total. The van der Waals surface area contributed by atoms with Gasteiger partial charge in [0, 0.05) is 54.0 Å². The van der Waals surface area contributed by atoms with Crippen LogP contribution in [-0.4, -0.2) is 28.3 Å². The second kappa shape index (κ2) is 8.49. The van der Waals surface area contributed by atoms with Crippen LogP contribution in [0, 0.1) is 0 Å². The van der Waals surface area contributed by atoms with Gasteiger partial charge in [0.15, 0.2) is 0 Å². The Morgan fingerprint density at radius 3 is 2.85 bits per heavy atom. The number of nitrogens with zero attached hydrogens (tertiary/aromatic N) is 1. The molecule has 26 heavy (non-hydrogen) atoms. The molecule has 0 aliphatic heterocycles. The third-order valence-electron chi connectivity index (χ3n) is 3.97. The summed E-state index contributed by atoms with van der Waals surface area (Å²) in [7, 11) is 0. The molecule has 2 aromatic heterocycles. The quantitative estimate of drug-likeness (QED) is 0.597. The fraction of sp³-hybridized carbons (Fsp3) is 0.211. The molecule has 3 rings (SSSR count). The summed E-state index contributed by atoms with van der Waals surface area (Å²) in [5, 5.41) is 7.19. The van der Waals surface area contributed by atoms with Crippen molar-refractivity contribution >= 4 is 34.3 Å². The summed E-state index contributed by atoms with van der Waals surface area (Å²) >= 11 is 5.96. The van der Waals surface area contributed by atoms with Crippen molar-refractivity contribution in [2.75, 3.05) is 6.54 Å². The highest BCUT2D eigenvalue weighted by Gasteiger charge is 2.09. The van der Waals surface area contributed by atoms with Crippen LogP contribution in [0.15, 0.2) is 48.9 Å². The number of H-pyrrole nitrogens is 1. The number of aromatic amines is 1. The molecule has 0 bridgehead atoms. The van der Waals surface area contributed by atoms with Crippen molar-refractivity contribution in [3.05, 3.63) is 65.1 Å². The molecule has 0 saturated carbocycles. The number of halogens is 1. The van der Waals surface area contributed by atoms with E-state index in [1.807, 2.05) is 24.3 Å². The molecule has 0 atom stereocenters. The van der Waals surface area contributed by atoms with E-state index in [1.165, 1.54) is 0 Å². The van der Waals surface area contributed by atoms with Gasteiger partial charge in [0.05, 0.1) is 6.42 Å². The van der Waals surface area contributed by atoms with Crippen LogP contribution < -0.4 is 10.6 Å². The monoisotopic (exact) mass is 370 g/mol. The lowest BCUT2D eigenvalue weighted by atomic mass is 10.1. The molecule has 134 valence electrons. The van der Waals surface area contributed by atoms with Crippen molar-refractivity contribution in [1.29, 1.82) is 0 Å². The van der Waals surface area contributed by atoms with Gasteiger partial charge in [-0.1, -0.05) is 23.7 Å². The molecule has 6 nitrogen and oxygen atoms in total. The van der Waals surface area contributed by atoms with Crippen molar-refractivity contribution < 1.29 is 9.59 Å². The summed E-state index contributed by atoms with van der Waals surface area (Å²) in [6, 6.07) is 9.23. The molecular formula is C19H19ClN4O2. The predicted octanol–water partition coefficient (Wildman–Crippen LogP) is 2.58. The minimum Gasteiger partial charge on any atom is -0.361 e. The van der Waals surface area contributed by atoms with Crippen LogP contribution in [0.5, 0.6) is 0 Å². The zero-order chi connectivity index (χ0) is 18.4. The smallest absolute Gasteiger partial charge is 0.224 e. The molecule has 0 radical (unpaired) electrons. The molecule has 3 aromatic rings. The number of pyridine rings is 1. The Balaban J connectivity index is 1.41. The fourth-order valence-electron chi connectivity index (χ4n) is 2.65. The number of benzene rings is 1. The van der Waals surface area contributed by atoms with Gasteiger partial charge in [0.25, 0.3) is 0 Å². The van der Waals surface area contributed by atoms with Crippen LogP contribution in [0.25, 0.3) is 10.9 Å². The first-order chi connectivity index (χ1) is 12.6. The molecule has 7 heteroatoms. The number of carbonyl (C=O) groups is 2. The Hall–Kier alpha value is -2.86. The number of carbonyl (C=O) groups excluding carboxylic acids is 2. The minimum atomic E-state index is -0.124. The first kappa shape index (κ1) is 17.9. The highest BCUT2D eigenvalue weighted by Crippen LogP contribution is 2.22. The lowest BCUT2D eigenvalue weighted by Gasteiger charge is -2.06. The first-order valence-corrected chi connectivity index (χ1v) is 8.67. The molecule has 2 amide bonds. The molecule has 0 aliphatic rings. The molecule has 0 spiro atoms. The van der Waals surface area contributed by atoms with Crippen LogP contribution >= 0.6 is 11.6 Å². The lowest BCUT2D eigenvalue weighted by molar-refractivity contribution is -0.122. The van der Waals surface area contributed by atoms with Gasteiger partial charge in [0.2, 0.25) is 11.8 Å². The Morgan fingerprint density at radius 2 is 2.04 bits per heavy atom. The SMILES string of the molecule is O=C(CCNC(=O)Cc1c[nH]c2cc(Cl)ccc12)NCc1cccnc1. The predicted molar refractivity (Wildman–Crippen MR) is 101 cm³/mol. The van der Waals surface area contributed by atoms with Crippen LogP contribution in [-0.2, 0) is 22.6 Å². The van der Waals surface area contributed by atoms with E-state index in [9.17, 15) is 9.59 Å². The average Bonchev–Trinajstić information content (AvgIpc) is 3.02. The Morgan fingerprint density at radius 1 is 1.15 bits per heavy atom. The van der Waals surface area contributed by atoms with Crippen molar-refractivity contribution in [1.82, 2.24) is 20.6 Å². The maximum Gasteiger partial charge on any atom is 0.224 e. The number of hydrogen-bond acceptors (Lipinski definition) is 3. The number of fused-ring (bicyclic) bond motifs is 1. The largest absolute Gasteiger partial charge is 0.361 e. The van der Waals surface area contributed by atoms with E-state index in [1.54, 1.807) is 24.7 Å². The number of rotatable bonds is 7. The summed E-state index contributed by atoms with van der Waals surface area (Å²) in [6.45, 7) is 0.727. The first-order valence-electron chi connectivity index (χ1n) is 8.29. The summed E-state index contributed by atoms with van der Waals surface area (Å²) < 4.78 is 0. The van der Waals surface area contributed by atoms with Crippen LogP contribution in [0.1, 0.15) is 17.5 Å². The van der Waals surface area contributed by atoms with E-state index in [0.29, 0.717) is 18.1 Å². The normalized spacial score (nSPS) is 10.7. The Labute approximate surface area is 156 Å². The topological polar surface area (TPSA) is 86.9 Å². The summed E-state index contributed by atoms with van der Waals surface area (Å²) in [4.78, 5) is 31.0. The number of nitrogens with one attached hydrogen (secondary N) is 3. The van der Waals surface area contributed by atoms with Gasteiger partial charge in [-0.15, -0.1) is 0 Å². The van der Waals surface area contributed by atoms with E-state index >= 15 is 0 Å². The number of hydrogen-bond donors (Lipinski definition) is 3. The highest BCUT2D eigenvalue weighted by molar-refractivity contribution is 6.31. The third kappa shape index (κ3) is 4.83. The van der Waals surface area contributed by atoms with Crippen molar-refractivity contribution in [3.8, 4) is 0 Å². The zero-order valence-corrected chi connectivity index (χ0v) is 14.8. The minimum absolute atomic E-state index is 0.115. The van der Waals surface area contributed by atoms with Gasteiger partial charge in [0.1, 0.15) is 0 Å². The Kier molecular flexibility index (Phi) is 5.86. The molecule has 0 saturated heterocycles. The molecule has 0 aliphatic carbocycles. The van der Waals surface area contributed by atoms with E-state index < -0.39 is 0 Å². The highest BCUT2D eigenvalue weighted by atomic mass is 35.5. The fourth-order valence-corrected chi connectivity index (χ4v) is 2.82. The van der Waals surface area contributed by atoms with Crippen LogP contribution in [0.4, 0.5) is 0 Å². The maximum absolute atomic E-state index is 12.1. The lowest BCUT2D eigenvalue weighted by Crippen LogP contribution is -2.31. The molecular weight excluding hydrogens is 352 g/mol. The van der Waals surface area contributed by atoms with Crippen molar-refractivity contribution in [2.24, 2.45) is 0 Å². The second-order valence-electron chi connectivity index (χ2n) is 5.92. The van der Waals surface area contributed by atoms with Crippen LogP contribution in [0.3, 0.4) is 0 Å². The molecule has 0 unspecified atom stereocenters. The standard InChI is InChI=1S/C19H19ClN4O2/c20-15-3-4-16-14(12-23-17(16)9-15)8-19(26)22-7-5-18(25)24-11-13-2-1-6-21-10-13/h1-4,6,9-10,12,23H,5,7-8,11H2,(H,22,26)(H,24,25). The van der Waals surface area contributed by atoms with E-state index in [2.05, 4.69) is 20.6 Å². The second-order valence-corrected chi connectivity index (χ2v) is 6.35. The van der Waals surface area contributed by atoms with E-state index in [0.717, 1.165) is 22.0 Å². The Bertz CT molecular complexity index is 908. The van der Waals surface area contributed by atoms with E-state index in [4.69, 9.17) is 11.6 Å². The van der Waals surface area contributed by atoms with Gasteiger partial charge < -0.3 is 15.6 Å². The van der Waals surface area contributed by atoms with Crippen LogP contribution in [0.2, 0.25) is 5.02 Å². The van der Waals surface area contributed by atoms with Gasteiger partial charge in [-0.05, 0) is 29.3 Å². The van der Waals surface area contributed by atoms with E-state index in [-0.39, 0.29) is 24.7 Å². The zero-order valence-electron chi connectivity index (χ0n) is 14.1. The van der Waals surface area contributed by atoms with Gasteiger partial charge in [-0.2, -0.15) is 0 Å². The van der Waals surface area contributed by atoms with Gasteiger partial charge in [-0.25, -0.2) is 0 Å². The summed E-state index contributed by atoms with van der Waals surface area (Å²) in [6.07, 6.45) is 5.68. The van der Waals surface area contributed by atoms with Gasteiger partial charge in [-0.3, -0.25) is 14.6 Å². The summed E-state index contributed by atoms with van der Waals surface area (Å²) in [5.41, 5.74) is 2.73.